The molecular weight excluding hydrogens is 1170 g/mol. The molecule has 4 aliphatic carbocycles. The van der Waals surface area contributed by atoms with E-state index in [-0.39, 0.29) is 103 Å². The van der Waals surface area contributed by atoms with Gasteiger partial charge in [-0.1, -0.05) is 106 Å². The van der Waals surface area contributed by atoms with E-state index in [2.05, 4.69) is 95.8 Å². The minimum Gasteiger partial charge on any atom is -0.508 e. The number of ether oxygens (including phenoxy) is 4. The predicted molar refractivity (Wildman–Crippen MR) is 367 cm³/mol. The molecule has 15 rings (SSSR count). The van der Waals surface area contributed by atoms with Gasteiger partial charge in [-0.3, -0.25) is 5.32 Å². The van der Waals surface area contributed by atoms with E-state index in [1.807, 2.05) is 18.2 Å². The van der Waals surface area contributed by atoms with Gasteiger partial charge in [0.05, 0.1) is 44.4 Å². The maximum absolute atomic E-state index is 12.9. The highest BCUT2D eigenvalue weighted by atomic mass is 16.5. The first-order chi connectivity index (χ1) is 45.9. The summed E-state index contributed by atoms with van der Waals surface area (Å²) < 4.78 is 30.5. The Morgan fingerprint density at radius 2 is 1.69 bits per heavy atom. The number of unbranched alkanes of at least 4 members (excludes halogenated alkanes) is 1. The van der Waals surface area contributed by atoms with Crippen LogP contribution in [0, 0.1) is 41.4 Å². The van der Waals surface area contributed by atoms with Gasteiger partial charge in [0.2, 0.25) is 0 Å². The van der Waals surface area contributed by atoms with E-state index in [1.54, 1.807) is 29.8 Å². The summed E-state index contributed by atoms with van der Waals surface area (Å²) in [6.45, 7) is 6.42. The molecule has 2 fully saturated rings. The number of nitrogens with one attached hydrogen (secondary N) is 2. The van der Waals surface area contributed by atoms with E-state index < -0.39 is 6.10 Å². The van der Waals surface area contributed by atoms with E-state index >= 15 is 0 Å². The van der Waals surface area contributed by atoms with Crippen LogP contribution >= 0.6 is 0 Å². The standard InChI is InChI=1S/C81H99N3O10/c1-3-12-51(2)33-60-37-59-40-68-62(46-86)41-73(90)78(76(60)68)93-47-63-39-65(81-64-26-24-55-15-11-16-56(77(55)81)25-28-74(81)80(94-48-64)29-5-4-6-30-80)38-61-44-84(45-69(61)63)79-70-49-92-67(43-72(59)89)18-10-13-52(21-23-57(70)42-75(83-79)82-50-91-32-8-7-31-85)19-20-53-22-27-71(88)58(34-53)35-54-14-9-17-66(87)36-54/h9,11,14-17,22,27,34,36,38-39,41-42,44-45,51-52,59-60,64,67,72,74-75,82-83,85-90H,3-8,10,12-13,18-20,24-26,28-33,35,37,40,43,46-50H2,1-2H3/t51-,52+,59+,60+,64+,67-,72-,74-,75?,81-/m0/s1. The molecule has 8 bridgehead atoms. The quantitative estimate of drug-likeness (QED) is 0.0232. The van der Waals surface area contributed by atoms with Crippen LogP contribution in [0.5, 0.6) is 23.0 Å². The van der Waals surface area contributed by atoms with Crippen LogP contribution in [0.25, 0.3) is 16.6 Å². The van der Waals surface area contributed by atoms with Gasteiger partial charge < -0.3 is 59.5 Å². The van der Waals surface area contributed by atoms with E-state index in [0.29, 0.717) is 55.9 Å². The van der Waals surface area contributed by atoms with Crippen molar-refractivity contribution in [1.82, 2.24) is 15.2 Å². The molecule has 9 aliphatic rings. The zero-order valence-corrected chi connectivity index (χ0v) is 55.4. The van der Waals surface area contributed by atoms with Gasteiger partial charge in [-0.2, -0.15) is 0 Å². The van der Waals surface area contributed by atoms with Crippen LogP contribution in [-0.2, 0) is 64.9 Å². The summed E-state index contributed by atoms with van der Waals surface area (Å²) in [5, 5.41) is 77.2. The lowest BCUT2D eigenvalue weighted by atomic mass is 9.45. The Labute approximate surface area is 556 Å². The van der Waals surface area contributed by atoms with Gasteiger partial charge in [-0.05, 0) is 225 Å². The Morgan fingerprint density at radius 3 is 2.52 bits per heavy atom. The third-order valence-electron chi connectivity index (χ3n) is 23.3. The fraction of sp³-hybridized carbons (Fsp3) is 0.531. The van der Waals surface area contributed by atoms with E-state index in [4.69, 9.17) is 18.9 Å². The second-order valence-electron chi connectivity index (χ2n) is 29.3. The highest BCUT2D eigenvalue weighted by Crippen LogP contribution is 2.65. The number of aryl methyl sites for hydroxylation is 3. The number of hydrogen-bond donors (Lipinski definition) is 8. The van der Waals surface area contributed by atoms with Crippen molar-refractivity contribution >= 4 is 16.6 Å². The summed E-state index contributed by atoms with van der Waals surface area (Å²) in [6, 6.07) is 27.0. The summed E-state index contributed by atoms with van der Waals surface area (Å²) in [5.41, 5.74) is 13.6. The van der Waals surface area contributed by atoms with Gasteiger partial charge in [-0.15, -0.1) is 0 Å². The first kappa shape index (κ1) is 64.7. The van der Waals surface area contributed by atoms with Crippen molar-refractivity contribution in [2.24, 2.45) is 29.6 Å². The Morgan fingerprint density at radius 1 is 0.840 bits per heavy atom. The number of hydrogen-bond acceptors (Lipinski definition) is 12. The van der Waals surface area contributed by atoms with Gasteiger partial charge in [0, 0.05) is 76.8 Å². The van der Waals surface area contributed by atoms with Crippen molar-refractivity contribution in [2.45, 2.75) is 210 Å². The van der Waals surface area contributed by atoms with Crippen molar-refractivity contribution in [3.63, 3.8) is 0 Å². The highest BCUT2D eigenvalue weighted by molar-refractivity contribution is 5.89. The second kappa shape index (κ2) is 28.2. The summed E-state index contributed by atoms with van der Waals surface area (Å²) in [4.78, 5) is 0. The Hall–Kier alpha value is -6.60. The van der Waals surface area contributed by atoms with E-state index in [0.717, 1.165) is 164 Å². The number of phenolic OH excluding ortho intramolecular Hbond substituents is 3. The van der Waals surface area contributed by atoms with Crippen LogP contribution in [-0.4, -0.2) is 92.3 Å². The first-order valence-corrected chi connectivity index (χ1v) is 36.0. The molecule has 6 heterocycles. The van der Waals surface area contributed by atoms with Gasteiger partial charge in [0.1, 0.15) is 30.1 Å². The van der Waals surface area contributed by atoms with Gasteiger partial charge >= 0.3 is 0 Å². The zero-order valence-electron chi connectivity index (χ0n) is 55.4. The normalized spacial score (nSPS) is 26.5. The number of aromatic hydroxyl groups is 3. The second-order valence-corrected chi connectivity index (χ2v) is 29.3. The number of dihydropyridines is 1. The van der Waals surface area contributed by atoms with Gasteiger partial charge in [-0.25, -0.2) is 0 Å². The monoisotopic (exact) mass is 1270 g/mol. The van der Waals surface area contributed by atoms with Crippen LogP contribution in [0.15, 0.2) is 108 Å². The van der Waals surface area contributed by atoms with E-state index in [9.17, 15) is 30.6 Å². The fourth-order valence-corrected chi connectivity index (χ4v) is 18.9. The number of aliphatic hydroxyl groups excluding tert-OH is 3. The minimum atomic E-state index is -0.713. The van der Waals surface area contributed by atoms with Crippen LogP contribution in [0.2, 0.25) is 0 Å². The number of rotatable bonds is 18. The number of aliphatic hydroxyl groups is 3. The molecule has 1 aromatic heterocycles. The number of nitrogens with zero attached hydrogens (tertiary/aromatic N) is 1. The molecule has 13 nitrogen and oxygen atoms in total. The minimum absolute atomic E-state index is 0.0102. The Bertz CT molecular complexity index is 3830. The van der Waals surface area contributed by atoms with Crippen molar-refractivity contribution in [3.8, 4) is 34.8 Å². The molecule has 5 aromatic carbocycles. The molecule has 1 saturated heterocycles. The molecule has 1 saturated carbocycles. The molecule has 1 spiro atoms. The average molecular weight is 1270 g/mol. The lowest BCUT2D eigenvalue weighted by molar-refractivity contribution is -0.193. The molecule has 5 aliphatic heterocycles. The molecule has 13 heteroatoms. The molecule has 8 N–H and O–H groups in total. The summed E-state index contributed by atoms with van der Waals surface area (Å²) in [6.07, 6.45) is 25.8. The molecule has 0 radical (unpaired) electrons. The predicted octanol–water partition coefficient (Wildman–Crippen LogP) is 14.0. The van der Waals surface area contributed by atoms with Crippen molar-refractivity contribution in [1.29, 1.82) is 0 Å². The summed E-state index contributed by atoms with van der Waals surface area (Å²) >= 11 is 0. The molecule has 10 atom stereocenters. The highest BCUT2D eigenvalue weighted by Gasteiger charge is 2.63. The third-order valence-corrected chi connectivity index (χ3v) is 23.3. The number of fused-ring (bicyclic) bond motifs is 4. The van der Waals surface area contributed by atoms with Crippen molar-refractivity contribution < 1.29 is 49.6 Å². The van der Waals surface area contributed by atoms with Crippen molar-refractivity contribution in [3.05, 3.63) is 170 Å². The zero-order chi connectivity index (χ0) is 64.5. The topological polar surface area (TPSA) is 187 Å². The van der Waals surface area contributed by atoms with Crippen LogP contribution in [0.4, 0.5) is 0 Å². The smallest absolute Gasteiger partial charge is 0.165 e. The molecular formula is C81H99N3O10. The van der Waals surface area contributed by atoms with Crippen LogP contribution in [0.1, 0.15) is 197 Å². The van der Waals surface area contributed by atoms with Gasteiger partial charge in [0.15, 0.2) is 11.5 Å². The van der Waals surface area contributed by atoms with Gasteiger partial charge in [0.25, 0.3) is 0 Å². The molecule has 94 heavy (non-hydrogen) atoms. The molecule has 498 valence electrons. The Kier molecular flexibility index (Phi) is 19.4. The number of aromatic nitrogens is 1. The largest absolute Gasteiger partial charge is 0.508 e. The first-order valence-electron chi connectivity index (χ1n) is 36.0. The maximum Gasteiger partial charge on any atom is 0.165 e. The third kappa shape index (κ3) is 12.9. The van der Waals surface area contributed by atoms with E-state index in [1.165, 1.54) is 36.0 Å². The average Bonchev–Trinajstić information content (AvgIpc) is 0.778. The van der Waals surface area contributed by atoms with Crippen molar-refractivity contribution in [2.75, 3.05) is 33.2 Å². The summed E-state index contributed by atoms with van der Waals surface area (Å²) in [7, 11) is 0. The van der Waals surface area contributed by atoms with Crippen LogP contribution < -0.4 is 15.4 Å². The molecule has 0 amide bonds. The maximum atomic E-state index is 12.9. The lowest BCUT2D eigenvalue weighted by Gasteiger charge is -2.63. The fourth-order valence-electron chi connectivity index (χ4n) is 18.9. The molecule has 6 aromatic rings. The Balaban J connectivity index is 0.933. The molecule has 1 unspecified atom stereocenters. The number of benzene rings is 5. The van der Waals surface area contributed by atoms with Crippen LogP contribution in [0.3, 0.4) is 0 Å². The number of phenols is 3. The lowest BCUT2D eigenvalue weighted by Crippen LogP contribution is -2.64. The summed E-state index contributed by atoms with van der Waals surface area (Å²) in [5.74, 6) is 10.3. The SMILES string of the molecule is CCC[C@H](C)C[C@@H]1C[C@@H]2Cc3c(CO)cc(O)c(c31)OCc1cc([C@]34c5c6cccc5CC[C@H]3C3(CCCCC3)OC[C@H]4CC6)cc3cn(cc13)C1=C3CO[C@@H](CCC[C@H](CCc4ccc(O)c(Cc5cccc(O)c5)c4)C#CC3=CC(NCOCCCCO)N1)C[C@@H]2O.